The lowest BCUT2D eigenvalue weighted by Gasteiger charge is -2.31. The van der Waals surface area contributed by atoms with E-state index in [-0.39, 0.29) is 22.5 Å². The van der Waals surface area contributed by atoms with E-state index in [0.29, 0.717) is 29.4 Å². The number of benzene rings is 2. The number of anilines is 1. The fraction of sp³-hybridized carbons (Fsp3) is 0.407. The molecular formula is C27H28ClN3O3. The van der Waals surface area contributed by atoms with Gasteiger partial charge in [-0.15, -0.1) is 0 Å². The molecule has 6 nitrogen and oxygen atoms in total. The first-order chi connectivity index (χ1) is 16.5. The predicted octanol–water partition coefficient (Wildman–Crippen LogP) is 5.56. The van der Waals surface area contributed by atoms with Crippen LogP contribution < -0.4 is 15.4 Å². The number of ether oxygens (including phenoxy) is 1. The number of ketones is 1. The summed E-state index contributed by atoms with van der Waals surface area (Å²) in [5.74, 6) is 0.554. The van der Waals surface area contributed by atoms with Crippen LogP contribution in [0.5, 0.6) is 11.5 Å². The molecule has 3 atom stereocenters. The number of phenols is 1. The summed E-state index contributed by atoms with van der Waals surface area (Å²) in [6.07, 6.45) is 8.23. The number of methoxy groups -OCH3 is 1. The van der Waals surface area contributed by atoms with Crippen molar-refractivity contribution in [1.82, 2.24) is 10.3 Å². The Hall–Kier alpha value is -2.83. The standard InChI is InChI=1S/C27H28ClN3O3/c1-34-24-10-16(9-22(28)27(24)33)15-4-7-23-20(8-15)25(21(13-29-23)26(32)14-2-3-14)31-19-11-17-5-6-18(12-19)30-17/h4,7-10,13-14,17-19,30,33H,2-3,5-6,11-12H2,1H3,(H,29,31)/t17-,18+,19?. The highest BCUT2D eigenvalue weighted by atomic mass is 35.5. The van der Waals surface area contributed by atoms with Crippen molar-refractivity contribution in [2.45, 2.75) is 56.7 Å². The average Bonchev–Trinajstić information content (AvgIpc) is 3.64. The van der Waals surface area contributed by atoms with Crippen LogP contribution in [0.1, 0.15) is 48.9 Å². The van der Waals surface area contributed by atoms with Crippen LogP contribution in [0.2, 0.25) is 5.02 Å². The van der Waals surface area contributed by atoms with E-state index in [9.17, 15) is 9.90 Å². The minimum Gasteiger partial charge on any atom is -0.503 e. The molecule has 6 rings (SSSR count). The molecule has 1 unspecified atom stereocenters. The number of aromatic nitrogens is 1. The monoisotopic (exact) mass is 477 g/mol. The van der Waals surface area contributed by atoms with Gasteiger partial charge in [0.15, 0.2) is 17.3 Å². The van der Waals surface area contributed by atoms with Gasteiger partial charge in [-0.05, 0) is 73.9 Å². The van der Waals surface area contributed by atoms with Gasteiger partial charge in [-0.1, -0.05) is 17.7 Å². The quantitative estimate of drug-likeness (QED) is 0.403. The van der Waals surface area contributed by atoms with Gasteiger partial charge >= 0.3 is 0 Å². The third-order valence-electron chi connectivity index (χ3n) is 7.48. The van der Waals surface area contributed by atoms with E-state index >= 15 is 0 Å². The number of carbonyl (C=O) groups is 1. The zero-order valence-corrected chi connectivity index (χ0v) is 19.9. The smallest absolute Gasteiger partial charge is 0.176 e. The Morgan fingerprint density at radius 3 is 2.59 bits per heavy atom. The molecular weight excluding hydrogens is 450 g/mol. The minimum atomic E-state index is -0.0735. The Labute approximate surface area is 203 Å². The maximum absolute atomic E-state index is 13.2. The van der Waals surface area contributed by atoms with Crippen LogP contribution in [0.4, 0.5) is 5.69 Å². The molecule has 2 aromatic carbocycles. The van der Waals surface area contributed by atoms with Crippen LogP contribution >= 0.6 is 11.6 Å². The summed E-state index contributed by atoms with van der Waals surface area (Å²) in [4.78, 5) is 17.9. The maximum Gasteiger partial charge on any atom is 0.176 e. The zero-order chi connectivity index (χ0) is 23.4. The van der Waals surface area contributed by atoms with Gasteiger partial charge in [-0.25, -0.2) is 0 Å². The van der Waals surface area contributed by atoms with Crippen LogP contribution in [-0.4, -0.2) is 41.1 Å². The minimum absolute atomic E-state index is 0.0735. The van der Waals surface area contributed by atoms with Crippen molar-refractivity contribution >= 4 is 34.0 Å². The van der Waals surface area contributed by atoms with E-state index in [0.717, 1.165) is 53.4 Å². The second-order valence-corrected chi connectivity index (χ2v) is 10.3. The van der Waals surface area contributed by atoms with Crippen molar-refractivity contribution in [1.29, 1.82) is 0 Å². The topological polar surface area (TPSA) is 83.5 Å². The molecule has 0 amide bonds. The number of piperidine rings is 1. The molecule has 2 saturated heterocycles. The number of aromatic hydroxyl groups is 1. The SMILES string of the molecule is COc1cc(-c2ccc3ncc(C(=O)C4CC4)c(NC4C[C@H]5CC[C@@H](C4)N5)c3c2)cc(Cl)c1O. The number of hydrogen-bond acceptors (Lipinski definition) is 6. The summed E-state index contributed by atoms with van der Waals surface area (Å²) in [6, 6.07) is 10.9. The average molecular weight is 478 g/mol. The molecule has 0 spiro atoms. The number of carbonyl (C=O) groups excluding carboxylic acids is 1. The molecule has 2 bridgehead atoms. The third-order valence-corrected chi connectivity index (χ3v) is 7.77. The van der Waals surface area contributed by atoms with Gasteiger partial charge in [0.2, 0.25) is 0 Å². The number of hydrogen-bond donors (Lipinski definition) is 3. The maximum atomic E-state index is 13.2. The Morgan fingerprint density at radius 2 is 1.88 bits per heavy atom. The summed E-state index contributed by atoms with van der Waals surface area (Å²) in [7, 11) is 1.50. The fourth-order valence-electron chi connectivity index (χ4n) is 5.56. The van der Waals surface area contributed by atoms with Gasteiger partial charge in [0, 0.05) is 35.6 Å². The van der Waals surface area contributed by atoms with E-state index in [1.165, 1.54) is 20.0 Å². The number of phenolic OH excluding ortho intramolecular Hbond substituents is 1. The first-order valence-electron chi connectivity index (χ1n) is 12.1. The molecule has 34 heavy (non-hydrogen) atoms. The van der Waals surface area contributed by atoms with Crippen molar-refractivity contribution in [3.63, 3.8) is 0 Å². The van der Waals surface area contributed by atoms with Gasteiger partial charge in [0.25, 0.3) is 0 Å². The second-order valence-electron chi connectivity index (χ2n) is 9.88. The zero-order valence-electron chi connectivity index (χ0n) is 19.1. The Balaban J connectivity index is 1.46. The number of nitrogens with zero attached hydrogens (tertiary/aromatic N) is 1. The fourth-order valence-corrected chi connectivity index (χ4v) is 5.77. The molecule has 2 aliphatic heterocycles. The molecule has 176 valence electrons. The summed E-state index contributed by atoms with van der Waals surface area (Å²) in [6.45, 7) is 0. The highest BCUT2D eigenvalue weighted by Gasteiger charge is 2.36. The number of nitrogens with one attached hydrogen (secondary N) is 2. The van der Waals surface area contributed by atoms with Crippen LogP contribution in [0, 0.1) is 5.92 Å². The summed E-state index contributed by atoms with van der Waals surface area (Å²) in [5, 5.41) is 18.8. The van der Waals surface area contributed by atoms with Crippen molar-refractivity contribution in [2.24, 2.45) is 5.92 Å². The predicted molar refractivity (Wildman–Crippen MR) is 134 cm³/mol. The van der Waals surface area contributed by atoms with E-state index in [2.05, 4.69) is 21.7 Å². The molecule has 3 fully saturated rings. The highest BCUT2D eigenvalue weighted by molar-refractivity contribution is 6.32. The number of Topliss-reactive ketones (excluding diaryl/α,β-unsaturated/α-hetero) is 1. The number of rotatable bonds is 6. The van der Waals surface area contributed by atoms with Gasteiger partial charge in [-0.3, -0.25) is 9.78 Å². The molecule has 1 saturated carbocycles. The molecule has 1 aromatic heterocycles. The van der Waals surface area contributed by atoms with E-state index < -0.39 is 0 Å². The summed E-state index contributed by atoms with van der Waals surface area (Å²) in [5.41, 5.74) is 4.17. The van der Waals surface area contributed by atoms with Crippen molar-refractivity contribution in [3.05, 3.63) is 47.1 Å². The molecule has 0 radical (unpaired) electrons. The third kappa shape index (κ3) is 3.89. The Morgan fingerprint density at radius 1 is 1.12 bits per heavy atom. The number of fused-ring (bicyclic) bond motifs is 3. The van der Waals surface area contributed by atoms with Gasteiger partial charge in [0.05, 0.1) is 28.9 Å². The number of halogens is 1. The van der Waals surface area contributed by atoms with E-state index in [1.807, 2.05) is 12.1 Å². The molecule has 3 N–H and O–H groups in total. The lowest BCUT2D eigenvalue weighted by Crippen LogP contribution is -2.43. The summed E-state index contributed by atoms with van der Waals surface area (Å²) < 4.78 is 5.30. The van der Waals surface area contributed by atoms with E-state index in [4.69, 9.17) is 16.3 Å². The Bertz CT molecular complexity index is 1280. The molecule has 3 aromatic rings. The lowest BCUT2D eigenvalue weighted by molar-refractivity contribution is 0.0968. The summed E-state index contributed by atoms with van der Waals surface area (Å²) >= 11 is 6.26. The normalized spacial score (nSPS) is 23.8. The molecule has 3 heterocycles. The molecule has 3 aliphatic rings. The van der Waals surface area contributed by atoms with Crippen LogP contribution in [0.25, 0.3) is 22.0 Å². The first kappa shape index (κ1) is 21.7. The van der Waals surface area contributed by atoms with Crippen LogP contribution in [-0.2, 0) is 0 Å². The second kappa shape index (κ2) is 8.43. The van der Waals surface area contributed by atoms with Gasteiger partial charge < -0.3 is 20.5 Å². The van der Waals surface area contributed by atoms with Crippen LogP contribution in [0.3, 0.4) is 0 Å². The van der Waals surface area contributed by atoms with Gasteiger partial charge in [-0.2, -0.15) is 0 Å². The Kier molecular flexibility index (Phi) is 5.38. The largest absolute Gasteiger partial charge is 0.503 e. The van der Waals surface area contributed by atoms with Crippen LogP contribution in [0.15, 0.2) is 36.5 Å². The highest BCUT2D eigenvalue weighted by Crippen LogP contribution is 2.41. The molecule has 7 heteroatoms. The lowest BCUT2D eigenvalue weighted by atomic mass is 9.96. The number of pyridine rings is 1. The van der Waals surface area contributed by atoms with Crippen molar-refractivity contribution in [2.75, 3.05) is 12.4 Å². The van der Waals surface area contributed by atoms with Gasteiger partial charge in [0.1, 0.15) is 0 Å². The molecule has 1 aliphatic carbocycles. The van der Waals surface area contributed by atoms with E-state index in [1.54, 1.807) is 18.3 Å². The van der Waals surface area contributed by atoms with Crippen molar-refractivity contribution < 1.29 is 14.6 Å². The first-order valence-corrected chi connectivity index (χ1v) is 12.4. The van der Waals surface area contributed by atoms with Crippen molar-refractivity contribution in [3.8, 4) is 22.6 Å².